The summed E-state index contributed by atoms with van der Waals surface area (Å²) in [6.07, 6.45) is 2.89. The van der Waals surface area contributed by atoms with Crippen LogP contribution < -0.4 is 15.0 Å². The van der Waals surface area contributed by atoms with E-state index in [4.69, 9.17) is 16.3 Å². The van der Waals surface area contributed by atoms with Crippen LogP contribution in [0, 0.1) is 0 Å². The van der Waals surface area contributed by atoms with Gasteiger partial charge in [0.05, 0.1) is 28.4 Å². The van der Waals surface area contributed by atoms with E-state index in [1.165, 1.54) is 6.33 Å². The lowest BCUT2D eigenvalue weighted by atomic mass is 10.0. The fourth-order valence-corrected chi connectivity index (χ4v) is 5.51. The second-order valence-electron chi connectivity index (χ2n) is 9.38. The van der Waals surface area contributed by atoms with Crippen molar-refractivity contribution in [1.82, 2.24) is 19.8 Å². The molecule has 1 unspecified atom stereocenters. The molecule has 2 saturated heterocycles. The first-order valence-corrected chi connectivity index (χ1v) is 12.4. The molecule has 5 aliphatic heterocycles. The summed E-state index contributed by atoms with van der Waals surface area (Å²) in [5, 5.41) is 13.6. The van der Waals surface area contributed by atoms with Crippen LogP contribution in [0.3, 0.4) is 0 Å². The molecule has 2 N–H and O–H groups in total. The molecule has 0 aliphatic carbocycles. The van der Waals surface area contributed by atoms with Crippen LogP contribution in [0.4, 0.5) is 17.3 Å². The first kappa shape index (κ1) is 23.1. The number of rotatable bonds is 0. The summed E-state index contributed by atoms with van der Waals surface area (Å²) in [4.78, 5) is 45.5. The average Bonchev–Trinajstić information content (AvgIpc) is 3.41. The number of benzene rings is 1. The molecule has 6 heterocycles. The van der Waals surface area contributed by atoms with Crippen LogP contribution in [-0.4, -0.2) is 101 Å². The number of ether oxygens (including phenoxy) is 1. The highest BCUT2D eigenvalue weighted by Crippen LogP contribution is 2.37. The predicted molar refractivity (Wildman–Crippen MR) is 133 cm³/mol. The van der Waals surface area contributed by atoms with E-state index in [2.05, 4.69) is 25.2 Å². The third-order valence-electron chi connectivity index (χ3n) is 7.18. The second-order valence-corrected chi connectivity index (χ2v) is 9.79. The number of aliphatic imine (C=N–C) groups is 1. The SMILES string of the molecule is O=C1Nc2ncnc3c2C1C=Nc1ccc(Cl)c(c1)OCCN1C[C@H](O)C[C@@H]1C(=O)N1CCN3CC1. The Morgan fingerprint density at radius 3 is 2.72 bits per heavy atom. The van der Waals surface area contributed by atoms with E-state index < -0.39 is 18.1 Å². The van der Waals surface area contributed by atoms with Crippen LogP contribution in [-0.2, 0) is 9.59 Å². The Bertz CT molecular complexity index is 1230. The third kappa shape index (κ3) is 4.16. The van der Waals surface area contributed by atoms with Gasteiger partial charge < -0.3 is 25.0 Å². The van der Waals surface area contributed by atoms with Gasteiger partial charge in [-0.25, -0.2) is 9.97 Å². The van der Waals surface area contributed by atoms with Crippen molar-refractivity contribution >= 4 is 47.0 Å². The molecular weight excluding hydrogens is 486 g/mol. The van der Waals surface area contributed by atoms with E-state index >= 15 is 0 Å². The number of piperazine rings is 1. The van der Waals surface area contributed by atoms with Gasteiger partial charge in [-0.3, -0.25) is 19.5 Å². The summed E-state index contributed by atoms with van der Waals surface area (Å²) in [6, 6.07) is 4.78. The molecule has 188 valence electrons. The molecule has 11 nitrogen and oxygen atoms in total. The fraction of sp³-hybridized carbons (Fsp3) is 0.458. The van der Waals surface area contributed by atoms with Gasteiger partial charge in [-0.2, -0.15) is 0 Å². The van der Waals surface area contributed by atoms with Gasteiger partial charge in [0.25, 0.3) is 0 Å². The average molecular weight is 512 g/mol. The molecule has 0 radical (unpaired) electrons. The summed E-state index contributed by atoms with van der Waals surface area (Å²) in [6.45, 7) is 3.40. The van der Waals surface area contributed by atoms with Crippen molar-refractivity contribution in [3.8, 4) is 5.75 Å². The predicted octanol–water partition coefficient (Wildman–Crippen LogP) is 1.04. The lowest BCUT2D eigenvalue weighted by Gasteiger charge is -2.38. The van der Waals surface area contributed by atoms with E-state index in [9.17, 15) is 14.7 Å². The van der Waals surface area contributed by atoms with Crippen LogP contribution in [0.25, 0.3) is 0 Å². The number of carbonyl (C=O) groups excluding carboxylic acids is 2. The van der Waals surface area contributed by atoms with E-state index in [-0.39, 0.29) is 11.8 Å². The number of aliphatic hydroxyl groups excluding tert-OH is 1. The first-order valence-electron chi connectivity index (χ1n) is 12.1. The summed E-state index contributed by atoms with van der Waals surface area (Å²) < 4.78 is 5.94. The lowest BCUT2D eigenvalue weighted by molar-refractivity contribution is -0.136. The Labute approximate surface area is 212 Å². The van der Waals surface area contributed by atoms with Crippen molar-refractivity contribution in [3.05, 3.63) is 35.1 Å². The van der Waals surface area contributed by atoms with Gasteiger partial charge in [-0.05, 0) is 18.6 Å². The molecule has 5 aliphatic rings. The van der Waals surface area contributed by atoms with Crippen molar-refractivity contribution < 1.29 is 19.4 Å². The summed E-state index contributed by atoms with van der Waals surface area (Å²) in [7, 11) is 0. The smallest absolute Gasteiger partial charge is 0.240 e. The molecule has 2 amide bonds. The molecule has 3 atom stereocenters. The number of anilines is 2. The van der Waals surface area contributed by atoms with E-state index in [1.54, 1.807) is 24.4 Å². The van der Waals surface area contributed by atoms with Crippen molar-refractivity contribution in [2.45, 2.75) is 24.5 Å². The van der Waals surface area contributed by atoms with Crippen LogP contribution in [0.2, 0.25) is 5.02 Å². The minimum Gasteiger partial charge on any atom is -0.491 e. The van der Waals surface area contributed by atoms with Crippen molar-refractivity contribution in [3.63, 3.8) is 0 Å². The number of carbonyl (C=O) groups is 2. The fourth-order valence-electron chi connectivity index (χ4n) is 5.34. The normalized spacial score (nSPS) is 26.2. The number of fused-ring (bicyclic) bond motifs is 4. The van der Waals surface area contributed by atoms with Gasteiger partial charge in [0, 0.05) is 51.5 Å². The van der Waals surface area contributed by atoms with Gasteiger partial charge in [-0.1, -0.05) is 11.6 Å². The van der Waals surface area contributed by atoms with Crippen molar-refractivity contribution in [2.75, 3.05) is 56.1 Å². The largest absolute Gasteiger partial charge is 0.491 e. The number of aliphatic hydroxyl groups is 1. The van der Waals surface area contributed by atoms with Crippen LogP contribution >= 0.6 is 11.6 Å². The maximum Gasteiger partial charge on any atom is 0.240 e. The topological polar surface area (TPSA) is 123 Å². The molecule has 12 heteroatoms. The second kappa shape index (κ2) is 9.30. The molecule has 2 aromatic rings. The number of hydrogen-bond acceptors (Lipinski definition) is 9. The first-order chi connectivity index (χ1) is 17.5. The number of nitrogens with zero attached hydrogens (tertiary/aromatic N) is 6. The number of nitrogens with one attached hydrogen (secondary N) is 1. The molecule has 0 spiro atoms. The van der Waals surface area contributed by atoms with Gasteiger partial charge in [0.1, 0.15) is 36.2 Å². The Kier molecular flexibility index (Phi) is 5.98. The minimum atomic E-state index is -0.650. The zero-order chi connectivity index (χ0) is 24.8. The molecule has 7 rings (SSSR count). The standard InChI is InChI=1S/C24H26ClN7O4/c25-17-2-1-14-9-19(17)36-8-7-32-12-15(33)10-18(32)24(35)31-5-3-30(4-6-31)22-20-16(11-26-14)23(34)29-21(20)27-13-28-22/h1-2,9,11,13,15-16,18,33H,3-8,10,12H2,(H,27,28,29,34)/t15-,16?,18-/m1/s1. The van der Waals surface area contributed by atoms with Crippen LogP contribution in [0.15, 0.2) is 29.5 Å². The highest BCUT2D eigenvalue weighted by atomic mass is 35.5. The van der Waals surface area contributed by atoms with Crippen LogP contribution in [0.1, 0.15) is 17.9 Å². The van der Waals surface area contributed by atoms with Gasteiger partial charge >= 0.3 is 0 Å². The Balaban J connectivity index is 1.38. The maximum absolute atomic E-state index is 13.4. The summed E-state index contributed by atoms with van der Waals surface area (Å²) in [5.41, 5.74) is 1.27. The molecule has 36 heavy (non-hydrogen) atoms. The van der Waals surface area contributed by atoms with E-state index in [1.807, 2.05) is 9.80 Å². The summed E-state index contributed by atoms with van der Waals surface area (Å²) >= 11 is 6.35. The number of amides is 2. The van der Waals surface area contributed by atoms with E-state index in [0.29, 0.717) is 86.0 Å². The molecule has 2 fully saturated rings. The molecular formula is C24H26ClN7O4. The Morgan fingerprint density at radius 2 is 1.89 bits per heavy atom. The van der Waals surface area contributed by atoms with Crippen LogP contribution in [0.5, 0.6) is 5.75 Å². The quantitative estimate of drug-likeness (QED) is 0.538. The monoisotopic (exact) mass is 511 g/mol. The van der Waals surface area contributed by atoms with Crippen molar-refractivity contribution in [1.29, 1.82) is 0 Å². The highest BCUT2D eigenvalue weighted by molar-refractivity contribution is 6.32. The van der Waals surface area contributed by atoms with Crippen molar-refractivity contribution in [2.24, 2.45) is 4.99 Å². The maximum atomic E-state index is 13.4. The van der Waals surface area contributed by atoms with Gasteiger partial charge in [-0.15, -0.1) is 0 Å². The number of halogens is 1. The van der Waals surface area contributed by atoms with Gasteiger partial charge in [0.2, 0.25) is 11.8 Å². The number of hydrogen-bond donors (Lipinski definition) is 2. The Morgan fingerprint density at radius 1 is 1.08 bits per heavy atom. The molecule has 0 saturated carbocycles. The lowest BCUT2D eigenvalue weighted by Crippen LogP contribution is -2.54. The van der Waals surface area contributed by atoms with E-state index in [0.717, 1.165) is 0 Å². The molecule has 1 aromatic heterocycles. The third-order valence-corrected chi connectivity index (χ3v) is 7.49. The minimum absolute atomic E-state index is 0.0158. The zero-order valence-electron chi connectivity index (χ0n) is 19.5. The zero-order valence-corrected chi connectivity index (χ0v) is 20.3. The molecule has 1 aromatic carbocycles. The number of aromatic nitrogens is 2. The molecule has 4 bridgehead atoms. The Hall–Kier alpha value is -3.28. The summed E-state index contributed by atoms with van der Waals surface area (Å²) in [5.74, 6) is 0.755. The van der Waals surface area contributed by atoms with Gasteiger partial charge in [0.15, 0.2) is 0 Å². The highest BCUT2D eigenvalue weighted by Gasteiger charge is 2.40.